The fraction of sp³-hybridized carbons (Fsp3) is 0.571. The van der Waals surface area contributed by atoms with E-state index in [4.69, 9.17) is 5.11 Å². The summed E-state index contributed by atoms with van der Waals surface area (Å²) in [7, 11) is -2.95. The smallest absolute Gasteiger partial charge is 0.147 e. The maximum Gasteiger partial charge on any atom is 0.147 e. The molecular formula is C14H23NO3S. The van der Waals surface area contributed by atoms with Crippen molar-refractivity contribution < 1.29 is 13.5 Å². The summed E-state index contributed by atoms with van der Waals surface area (Å²) in [6, 6.07) is 9.88. The Hall–Kier alpha value is -1.07. The first-order valence-corrected chi connectivity index (χ1v) is 8.57. The van der Waals surface area contributed by atoms with Gasteiger partial charge in [0.05, 0.1) is 5.75 Å². The lowest BCUT2D eigenvalue weighted by molar-refractivity contribution is 0.289. The van der Waals surface area contributed by atoms with Crippen molar-refractivity contribution in [2.75, 3.05) is 36.6 Å². The Bertz CT molecular complexity index is 459. The van der Waals surface area contributed by atoms with Crippen LogP contribution in [0.3, 0.4) is 0 Å². The topological polar surface area (TPSA) is 57.6 Å². The van der Waals surface area contributed by atoms with Crippen LogP contribution in [-0.4, -0.2) is 45.2 Å². The van der Waals surface area contributed by atoms with Gasteiger partial charge in [-0.1, -0.05) is 25.1 Å². The molecule has 1 unspecified atom stereocenters. The van der Waals surface area contributed by atoms with Crippen LogP contribution in [0.2, 0.25) is 0 Å². The summed E-state index contributed by atoms with van der Waals surface area (Å²) in [6.07, 6.45) is 1.95. The van der Waals surface area contributed by atoms with Gasteiger partial charge in [0.2, 0.25) is 0 Å². The number of nitrogens with zero attached hydrogens (tertiary/aromatic N) is 1. The van der Waals surface area contributed by atoms with Crippen molar-refractivity contribution in [2.24, 2.45) is 5.92 Å². The molecule has 0 spiro atoms. The number of anilines is 1. The second-order valence-corrected chi connectivity index (χ2v) is 7.24. The Morgan fingerprint density at radius 2 is 1.89 bits per heavy atom. The first kappa shape index (κ1) is 16.0. The minimum atomic E-state index is -2.95. The molecule has 1 N–H and O–H groups in total. The highest BCUT2D eigenvalue weighted by Gasteiger charge is 2.15. The molecule has 4 nitrogen and oxygen atoms in total. The van der Waals surface area contributed by atoms with Gasteiger partial charge in [0.15, 0.2) is 0 Å². The average Bonchev–Trinajstić information content (AvgIpc) is 2.33. The highest BCUT2D eigenvalue weighted by Crippen LogP contribution is 2.16. The van der Waals surface area contributed by atoms with E-state index in [0.29, 0.717) is 13.0 Å². The summed E-state index contributed by atoms with van der Waals surface area (Å²) in [5.74, 6) is 0.254. The predicted octanol–water partition coefficient (Wildman–Crippen LogP) is 1.56. The number of hydrogen-bond donors (Lipinski definition) is 1. The number of rotatable bonds is 8. The van der Waals surface area contributed by atoms with Crippen LogP contribution in [0, 0.1) is 5.92 Å². The Morgan fingerprint density at radius 1 is 1.26 bits per heavy atom. The first-order valence-electron chi connectivity index (χ1n) is 6.51. The van der Waals surface area contributed by atoms with E-state index in [2.05, 4.69) is 4.90 Å². The molecule has 1 aromatic carbocycles. The lowest BCUT2D eigenvalue weighted by Crippen LogP contribution is -2.32. The van der Waals surface area contributed by atoms with Crippen molar-refractivity contribution in [1.82, 2.24) is 0 Å². The molecule has 0 heterocycles. The molecule has 0 aliphatic heterocycles. The van der Waals surface area contributed by atoms with E-state index in [1.807, 2.05) is 37.3 Å². The molecule has 1 atom stereocenters. The summed E-state index contributed by atoms with van der Waals surface area (Å²) in [6.45, 7) is 3.49. The van der Waals surface area contributed by atoms with Gasteiger partial charge < -0.3 is 10.0 Å². The summed E-state index contributed by atoms with van der Waals surface area (Å²) in [5.41, 5.74) is 1.07. The fourth-order valence-corrected chi connectivity index (χ4v) is 3.31. The Morgan fingerprint density at radius 3 is 2.42 bits per heavy atom. The van der Waals surface area contributed by atoms with Crippen LogP contribution < -0.4 is 4.90 Å². The van der Waals surface area contributed by atoms with Crippen LogP contribution in [0.4, 0.5) is 5.69 Å². The number of aliphatic hydroxyl groups excluding tert-OH is 1. The summed E-state index contributed by atoms with van der Waals surface area (Å²) in [4.78, 5) is 2.13. The number of para-hydroxylation sites is 1. The number of hydrogen-bond acceptors (Lipinski definition) is 4. The molecule has 0 aromatic heterocycles. The van der Waals surface area contributed by atoms with Gasteiger partial charge in [0.25, 0.3) is 0 Å². The van der Waals surface area contributed by atoms with Gasteiger partial charge in [-0.3, -0.25) is 0 Å². The monoisotopic (exact) mass is 285 g/mol. The maximum atomic E-state index is 11.3. The van der Waals surface area contributed by atoms with Gasteiger partial charge in [0, 0.05) is 31.6 Å². The zero-order valence-corrected chi connectivity index (χ0v) is 12.4. The highest BCUT2D eigenvalue weighted by atomic mass is 32.2. The number of benzene rings is 1. The Balaban J connectivity index is 2.70. The Kier molecular flexibility index (Phi) is 6.31. The second kappa shape index (κ2) is 7.50. The molecular weight excluding hydrogens is 262 g/mol. The lowest BCUT2D eigenvalue weighted by atomic mass is 10.1. The van der Waals surface area contributed by atoms with Gasteiger partial charge >= 0.3 is 0 Å². The van der Waals surface area contributed by atoms with Gasteiger partial charge in [-0.25, -0.2) is 8.42 Å². The zero-order valence-electron chi connectivity index (χ0n) is 11.6. The highest BCUT2D eigenvalue weighted by molar-refractivity contribution is 7.90. The van der Waals surface area contributed by atoms with Crippen molar-refractivity contribution >= 4 is 15.5 Å². The molecule has 0 radical (unpaired) electrons. The number of sulfone groups is 1. The SMILES string of the molecule is CC(CN(CCCO)c1ccccc1)CS(C)(=O)=O. The maximum absolute atomic E-state index is 11.3. The predicted molar refractivity (Wildman–Crippen MR) is 79.2 cm³/mol. The zero-order chi connectivity index (χ0) is 14.3. The van der Waals surface area contributed by atoms with E-state index >= 15 is 0 Å². The quantitative estimate of drug-likeness (QED) is 0.787. The van der Waals surface area contributed by atoms with E-state index in [9.17, 15) is 8.42 Å². The molecule has 19 heavy (non-hydrogen) atoms. The molecule has 0 aliphatic rings. The third kappa shape index (κ3) is 6.59. The molecule has 0 fully saturated rings. The standard InChI is InChI=1S/C14H23NO3S/c1-13(12-19(2,17)18)11-15(9-6-10-16)14-7-4-3-5-8-14/h3-5,7-8,13,16H,6,9-12H2,1-2H3. The molecule has 0 saturated carbocycles. The second-order valence-electron chi connectivity index (χ2n) is 5.06. The van der Waals surface area contributed by atoms with E-state index in [1.165, 1.54) is 6.26 Å². The average molecular weight is 285 g/mol. The third-order valence-corrected chi connectivity index (χ3v) is 4.00. The molecule has 1 rings (SSSR count). The normalized spacial score (nSPS) is 13.2. The van der Waals surface area contributed by atoms with E-state index in [1.54, 1.807) is 0 Å². The van der Waals surface area contributed by atoms with Crippen molar-refractivity contribution in [2.45, 2.75) is 13.3 Å². The molecule has 0 saturated heterocycles. The van der Waals surface area contributed by atoms with Crippen molar-refractivity contribution in [3.63, 3.8) is 0 Å². The summed E-state index contributed by atoms with van der Waals surface area (Å²) < 4.78 is 22.6. The fourth-order valence-electron chi connectivity index (χ4n) is 2.17. The molecule has 1 aromatic rings. The van der Waals surface area contributed by atoms with Crippen molar-refractivity contribution in [1.29, 1.82) is 0 Å². The molecule has 0 aliphatic carbocycles. The minimum Gasteiger partial charge on any atom is -0.396 e. The van der Waals surface area contributed by atoms with Crippen LogP contribution >= 0.6 is 0 Å². The first-order chi connectivity index (χ1) is 8.92. The van der Waals surface area contributed by atoms with Gasteiger partial charge in [0.1, 0.15) is 9.84 Å². The van der Waals surface area contributed by atoms with E-state index in [-0.39, 0.29) is 18.3 Å². The van der Waals surface area contributed by atoms with Crippen LogP contribution in [0.25, 0.3) is 0 Å². The van der Waals surface area contributed by atoms with Crippen molar-refractivity contribution in [3.8, 4) is 0 Å². The van der Waals surface area contributed by atoms with Gasteiger partial charge in [-0.05, 0) is 24.5 Å². The van der Waals surface area contributed by atoms with Gasteiger partial charge in [-0.15, -0.1) is 0 Å². The molecule has 0 amide bonds. The molecule has 5 heteroatoms. The van der Waals surface area contributed by atoms with Gasteiger partial charge in [-0.2, -0.15) is 0 Å². The van der Waals surface area contributed by atoms with Crippen LogP contribution in [0.1, 0.15) is 13.3 Å². The minimum absolute atomic E-state index is 0.0638. The third-order valence-electron chi connectivity index (χ3n) is 2.83. The summed E-state index contributed by atoms with van der Waals surface area (Å²) in [5, 5.41) is 8.96. The van der Waals surface area contributed by atoms with Crippen LogP contribution in [0.5, 0.6) is 0 Å². The number of aliphatic hydroxyl groups is 1. The molecule has 0 bridgehead atoms. The van der Waals surface area contributed by atoms with E-state index < -0.39 is 9.84 Å². The Labute approximate surface area is 116 Å². The van der Waals surface area contributed by atoms with Crippen molar-refractivity contribution in [3.05, 3.63) is 30.3 Å². The van der Waals surface area contributed by atoms with Crippen LogP contribution in [-0.2, 0) is 9.84 Å². The van der Waals surface area contributed by atoms with Crippen LogP contribution in [0.15, 0.2) is 30.3 Å². The summed E-state index contributed by atoms with van der Waals surface area (Å²) >= 11 is 0. The largest absolute Gasteiger partial charge is 0.396 e. The van der Waals surface area contributed by atoms with E-state index in [0.717, 1.165) is 12.2 Å². The lowest BCUT2D eigenvalue weighted by Gasteiger charge is -2.27. The molecule has 108 valence electrons.